The highest BCUT2D eigenvalue weighted by atomic mass is 35.5. The van der Waals surface area contributed by atoms with E-state index >= 15 is 0 Å². The maximum absolute atomic E-state index is 6.21. The lowest BCUT2D eigenvalue weighted by molar-refractivity contribution is 0.529. The number of hydrogen-bond acceptors (Lipinski definition) is 1. The van der Waals surface area contributed by atoms with Gasteiger partial charge in [-0.1, -0.05) is 48.3 Å². The second kappa shape index (κ2) is 7.84. The van der Waals surface area contributed by atoms with E-state index in [9.17, 15) is 0 Å². The Labute approximate surface area is 137 Å². The third-order valence-corrected chi connectivity index (χ3v) is 3.89. The van der Waals surface area contributed by atoms with Gasteiger partial charge in [0.1, 0.15) is 0 Å². The smallest absolute Gasteiger partial charge is 0.0411 e. The molecule has 3 heteroatoms. The van der Waals surface area contributed by atoms with Crippen LogP contribution in [0.1, 0.15) is 36.1 Å². The van der Waals surface area contributed by atoms with Crippen LogP contribution < -0.4 is 5.32 Å². The first kappa shape index (κ1) is 16.4. The van der Waals surface area contributed by atoms with Crippen LogP contribution in [0.5, 0.6) is 0 Å². The molecule has 1 nitrogen and oxygen atoms in total. The molecule has 2 rings (SSSR count). The number of benzene rings is 2. The largest absolute Gasteiger partial charge is 0.310 e. The van der Waals surface area contributed by atoms with Gasteiger partial charge in [-0.3, -0.25) is 0 Å². The molecule has 0 saturated carbocycles. The van der Waals surface area contributed by atoms with Gasteiger partial charge in [-0.05, 0) is 67.3 Å². The minimum absolute atomic E-state index is 0.251. The van der Waals surface area contributed by atoms with E-state index in [-0.39, 0.29) is 6.04 Å². The SMILES string of the molecule is CCCNC(Cc1cccc(Cl)c1)c1cc(C)cc(Cl)c1. The molecule has 0 fully saturated rings. The van der Waals surface area contributed by atoms with Gasteiger partial charge in [-0.2, -0.15) is 0 Å². The molecule has 1 unspecified atom stereocenters. The molecule has 0 radical (unpaired) electrons. The molecule has 0 aliphatic rings. The van der Waals surface area contributed by atoms with Gasteiger partial charge in [0.15, 0.2) is 0 Å². The Balaban J connectivity index is 2.25. The Morgan fingerprint density at radius 1 is 1.05 bits per heavy atom. The first-order valence-electron chi connectivity index (χ1n) is 7.33. The summed E-state index contributed by atoms with van der Waals surface area (Å²) in [5.41, 5.74) is 3.65. The van der Waals surface area contributed by atoms with E-state index in [1.165, 1.54) is 16.7 Å². The van der Waals surface area contributed by atoms with Gasteiger partial charge in [0.05, 0.1) is 0 Å². The van der Waals surface area contributed by atoms with Crippen molar-refractivity contribution in [2.75, 3.05) is 6.54 Å². The first-order valence-corrected chi connectivity index (χ1v) is 8.09. The summed E-state index contributed by atoms with van der Waals surface area (Å²) in [7, 11) is 0. The maximum Gasteiger partial charge on any atom is 0.0411 e. The number of aryl methyl sites for hydroxylation is 1. The van der Waals surface area contributed by atoms with Crippen molar-refractivity contribution in [3.63, 3.8) is 0 Å². The second-order valence-electron chi connectivity index (χ2n) is 5.40. The van der Waals surface area contributed by atoms with Crippen LogP contribution in [0.4, 0.5) is 0 Å². The van der Waals surface area contributed by atoms with E-state index < -0.39 is 0 Å². The monoisotopic (exact) mass is 321 g/mol. The second-order valence-corrected chi connectivity index (χ2v) is 6.28. The van der Waals surface area contributed by atoms with Gasteiger partial charge in [0.25, 0.3) is 0 Å². The molecule has 0 aliphatic heterocycles. The Hall–Kier alpha value is -1.02. The zero-order chi connectivity index (χ0) is 15.2. The minimum Gasteiger partial charge on any atom is -0.310 e. The Kier molecular flexibility index (Phi) is 6.10. The van der Waals surface area contributed by atoms with Crippen molar-refractivity contribution in [3.05, 3.63) is 69.2 Å². The highest BCUT2D eigenvalue weighted by molar-refractivity contribution is 6.31. The summed E-state index contributed by atoms with van der Waals surface area (Å²) in [4.78, 5) is 0. The average molecular weight is 322 g/mol. The molecule has 0 saturated heterocycles. The van der Waals surface area contributed by atoms with E-state index in [2.05, 4.69) is 31.3 Å². The molecule has 21 heavy (non-hydrogen) atoms. The molecule has 112 valence electrons. The minimum atomic E-state index is 0.251. The highest BCUT2D eigenvalue weighted by Gasteiger charge is 2.13. The summed E-state index contributed by atoms with van der Waals surface area (Å²) in [6, 6.07) is 14.5. The van der Waals surface area contributed by atoms with Crippen molar-refractivity contribution in [2.45, 2.75) is 32.7 Å². The van der Waals surface area contributed by atoms with Crippen LogP contribution in [0.3, 0.4) is 0 Å². The predicted octanol–water partition coefficient (Wildman–Crippen LogP) is 5.59. The van der Waals surface area contributed by atoms with Crippen molar-refractivity contribution in [2.24, 2.45) is 0 Å². The van der Waals surface area contributed by atoms with Gasteiger partial charge in [-0.15, -0.1) is 0 Å². The van der Waals surface area contributed by atoms with Crippen LogP contribution in [-0.4, -0.2) is 6.54 Å². The maximum atomic E-state index is 6.21. The summed E-state index contributed by atoms with van der Waals surface area (Å²) in [6.07, 6.45) is 2.01. The van der Waals surface area contributed by atoms with E-state index in [1.54, 1.807) is 0 Å². The normalized spacial score (nSPS) is 12.4. The summed E-state index contributed by atoms with van der Waals surface area (Å²) in [5.74, 6) is 0. The van der Waals surface area contributed by atoms with Crippen LogP contribution in [0, 0.1) is 6.92 Å². The van der Waals surface area contributed by atoms with E-state index in [1.807, 2.05) is 30.3 Å². The zero-order valence-electron chi connectivity index (χ0n) is 12.5. The molecule has 0 aliphatic carbocycles. The summed E-state index contributed by atoms with van der Waals surface area (Å²) in [5, 5.41) is 5.18. The fraction of sp³-hybridized carbons (Fsp3) is 0.333. The molecule has 2 aromatic carbocycles. The van der Waals surface area contributed by atoms with Crippen molar-refractivity contribution in [3.8, 4) is 0 Å². The Morgan fingerprint density at radius 3 is 2.52 bits per heavy atom. The van der Waals surface area contributed by atoms with Gasteiger partial charge < -0.3 is 5.32 Å². The third kappa shape index (κ3) is 5.03. The Bertz CT molecular complexity index is 575. The van der Waals surface area contributed by atoms with Crippen molar-refractivity contribution >= 4 is 23.2 Å². The average Bonchev–Trinajstić information content (AvgIpc) is 2.42. The summed E-state index contributed by atoms with van der Waals surface area (Å²) in [6.45, 7) is 5.23. The number of rotatable bonds is 6. The van der Waals surface area contributed by atoms with Crippen molar-refractivity contribution < 1.29 is 0 Å². The molecule has 0 aromatic heterocycles. The van der Waals surface area contributed by atoms with Gasteiger partial charge in [-0.25, -0.2) is 0 Å². The first-order chi connectivity index (χ1) is 10.1. The predicted molar refractivity (Wildman–Crippen MR) is 92.4 cm³/mol. The van der Waals surface area contributed by atoms with Crippen LogP contribution in [0.15, 0.2) is 42.5 Å². The molecule has 0 spiro atoms. The molecule has 2 aromatic rings. The van der Waals surface area contributed by atoms with Crippen molar-refractivity contribution in [1.29, 1.82) is 0 Å². The summed E-state index contributed by atoms with van der Waals surface area (Å²) < 4.78 is 0. The fourth-order valence-electron chi connectivity index (χ4n) is 2.49. The molecule has 1 atom stereocenters. The topological polar surface area (TPSA) is 12.0 Å². The van der Waals surface area contributed by atoms with E-state index in [0.29, 0.717) is 0 Å². The van der Waals surface area contributed by atoms with Gasteiger partial charge in [0, 0.05) is 16.1 Å². The van der Waals surface area contributed by atoms with Crippen LogP contribution in [0.2, 0.25) is 10.0 Å². The van der Waals surface area contributed by atoms with Gasteiger partial charge in [0.2, 0.25) is 0 Å². The molecule has 0 amide bonds. The number of hydrogen-bond donors (Lipinski definition) is 1. The number of nitrogens with one attached hydrogen (secondary N) is 1. The molecule has 0 bridgehead atoms. The fourth-order valence-corrected chi connectivity index (χ4v) is 3.00. The van der Waals surface area contributed by atoms with E-state index in [4.69, 9.17) is 23.2 Å². The van der Waals surface area contributed by atoms with Crippen LogP contribution in [0.25, 0.3) is 0 Å². The van der Waals surface area contributed by atoms with Gasteiger partial charge >= 0.3 is 0 Å². The van der Waals surface area contributed by atoms with E-state index in [0.717, 1.165) is 29.4 Å². The Morgan fingerprint density at radius 2 is 1.86 bits per heavy atom. The molecule has 1 N–H and O–H groups in total. The molecular weight excluding hydrogens is 301 g/mol. The lowest BCUT2D eigenvalue weighted by atomic mass is 9.97. The standard InChI is InChI=1S/C18H21Cl2N/c1-3-7-21-18(11-14-5-4-6-16(19)10-14)15-8-13(2)9-17(20)12-15/h4-6,8-10,12,18,21H,3,7,11H2,1-2H3. The van der Waals surface area contributed by atoms with Crippen molar-refractivity contribution in [1.82, 2.24) is 5.32 Å². The zero-order valence-corrected chi connectivity index (χ0v) is 14.0. The van der Waals surface area contributed by atoms with Crippen LogP contribution in [-0.2, 0) is 6.42 Å². The third-order valence-electron chi connectivity index (χ3n) is 3.44. The summed E-state index contributed by atoms with van der Waals surface area (Å²) >= 11 is 12.3. The lowest BCUT2D eigenvalue weighted by Crippen LogP contribution is -2.24. The quantitative estimate of drug-likeness (QED) is 0.731. The molecule has 0 heterocycles. The van der Waals surface area contributed by atoms with Crippen LogP contribution >= 0.6 is 23.2 Å². The number of halogens is 2. The lowest BCUT2D eigenvalue weighted by Gasteiger charge is -2.20. The highest BCUT2D eigenvalue weighted by Crippen LogP contribution is 2.24. The molecular formula is C18H21Cl2N.